The smallest absolute Gasteiger partial charge is 0.244 e. The van der Waals surface area contributed by atoms with Crippen LogP contribution in [0.25, 0.3) is 0 Å². The second-order valence-corrected chi connectivity index (χ2v) is 7.80. The van der Waals surface area contributed by atoms with Crippen molar-refractivity contribution in [1.29, 1.82) is 0 Å². The number of aliphatic hydroxyl groups is 1. The average Bonchev–Trinajstić information content (AvgIpc) is 2.56. The second kappa shape index (κ2) is 8.42. The molecule has 0 aromatic heterocycles. The van der Waals surface area contributed by atoms with Crippen LogP contribution in [0.15, 0.2) is 24.3 Å². The van der Waals surface area contributed by atoms with Gasteiger partial charge in [0.25, 0.3) is 0 Å². The second-order valence-electron chi connectivity index (χ2n) is 7.80. The van der Waals surface area contributed by atoms with E-state index in [9.17, 15) is 13.9 Å². The Bertz CT molecular complexity index is 491. The van der Waals surface area contributed by atoms with Gasteiger partial charge in [-0.15, -0.1) is 0 Å². The Kier molecular flexibility index (Phi) is 6.79. The van der Waals surface area contributed by atoms with Gasteiger partial charge in [0, 0.05) is 0 Å². The van der Waals surface area contributed by atoms with E-state index in [1.54, 1.807) is 6.92 Å². The van der Waals surface area contributed by atoms with Crippen LogP contribution in [0.1, 0.15) is 70.4 Å². The van der Waals surface area contributed by atoms with Crippen molar-refractivity contribution in [3.05, 3.63) is 35.4 Å². The normalized spacial score (nSPS) is 20.3. The predicted octanol–water partition coefficient (Wildman–Crippen LogP) is 5.94. The number of halogens is 2. The highest BCUT2D eigenvalue weighted by molar-refractivity contribution is 5.29. The van der Waals surface area contributed by atoms with E-state index >= 15 is 0 Å². The van der Waals surface area contributed by atoms with Crippen LogP contribution >= 0.6 is 0 Å². The maximum atomic E-state index is 13.7. The number of hydrogen-bond donors (Lipinski definition) is 1. The van der Waals surface area contributed by atoms with Gasteiger partial charge in [0.15, 0.2) is 0 Å². The van der Waals surface area contributed by atoms with Crippen LogP contribution < -0.4 is 0 Å². The van der Waals surface area contributed by atoms with Gasteiger partial charge in [-0.1, -0.05) is 64.3 Å². The molecule has 1 aromatic carbocycles. The van der Waals surface area contributed by atoms with Crippen LogP contribution in [0.5, 0.6) is 0 Å². The number of hydrogen-bond acceptors (Lipinski definition) is 1. The van der Waals surface area contributed by atoms with E-state index < -0.39 is 17.9 Å². The molecule has 1 aliphatic rings. The molecule has 24 heavy (non-hydrogen) atoms. The summed E-state index contributed by atoms with van der Waals surface area (Å²) in [5, 5.41) is 11.5. The fourth-order valence-electron chi connectivity index (χ4n) is 4.36. The van der Waals surface area contributed by atoms with Crippen molar-refractivity contribution in [2.45, 2.75) is 77.7 Å². The minimum atomic E-state index is -2.50. The summed E-state index contributed by atoms with van der Waals surface area (Å²) in [6.07, 6.45) is 3.63. The first-order valence-corrected chi connectivity index (χ1v) is 9.49. The zero-order chi connectivity index (χ0) is 17.7. The van der Waals surface area contributed by atoms with Gasteiger partial charge >= 0.3 is 0 Å². The Labute approximate surface area is 145 Å². The van der Waals surface area contributed by atoms with Crippen LogP contribution in [0.4, 0.5) is 8.78 Å². The highest BCUT2D eigenvalue weighted by Crippen LogP contribution is 2.47. The monoisotopic (exact) mass is 338 g/mol. The van der Waals surface area contributed by atoms with Gasteiger partial charge in [-0.25, -0.2) is 8.78 Å². The minimum Gasteiger partial charge on any atom is -0.384 e. The fraction of sp³-hybridized carbons (Fsp3) is 0.714. The molecular formula is C21H32F2O. The van der Waals surface area contributed by atoms with Crippen molar-refractivity contribution < 1.29 is 13.9 Å². The van der Waals surface area contributed by atoms with Gasteiger partial charge in [0.1, 0.15) is 5.60 Å². The van der Waals surface area contributed by atoms with Gasteiger partial charge in [-0.3, -0.25) is 0 Å². The number of alkyl halides is 2. The summed E-state index contributed by atoms with van der Waals surface area (Å²) < 4.78 is 27.5. The molecule has 3 heteroatoms. The van der Waals surface area contributed by atoms with Crippen molar-refractivity contribution in [1.82, 2.24) is 0 Å². The van der Waals surface area contributed by atoms with Crippen molar-refractivity contribution >= 4 is 0 Å². The third kappa shape index (κ3) is 4.17. The summed E-state index contributed by atoms with van der Waals surface area (Å²) in [6, 6.07) is 7.78. The van der Waals surface area contributed by atoms with Crippen LogP contribution in [-0.2, 0) is 12.0 Å². The molecule has 0 radical (unpaired) electrons. The van der Waals surface area contributed by atoms with Crippen molar-refractivity contribution in [2.75, 3.05) is 0 Å². The van der Waals surface area contributed by atoms with E-state index in [4.69, 9.17) is 0 Å². The molecule has 1 N–H and O–H groups in total. The van der Waals surface area contributed by atoms with E-state index in [0.717, 1.165) is 38.5 Å². The molecule has 2 rings (SSSR count). The summed E-state index contributed by atoms with van der Waals surface area (Å²) in [4.78, 5) is 0. The van der Waals surface area contributed by atoms with E-state index in [2.05, 4.69) is 13.8 Å². The van der Waals surface area contributed by atoms with E-state index in [1.165, 1.54) is 5.56 Å². The molecular weight excluding hydrogens is 306 g/mol. The summed E-state index contributed by atoms with van der Waals surface area (Å²) >= 11 is 0. The number of benzene rings is 1. The Hall–Kier alpha value is -0.960. The van der Waals surface area contributed by atoms with Crippen LogP contribution in [-0.4, -0.2) is 11.5 Å². The molecule has 0 spiro atoms. The molecule has 1 saturated carbocycles. The number of rotatable bonds is 7. The lowest BCUT2D eigenvalue weighted by atomic mass is 9.66. The molecule has 2 atom stereocenters. The average molecular weight is 338 g/mol. The van der Waals surface area contributed by atoms with Crippen molar-refractivity contribution in [2.24, 2.45) is 17.8 Å². The molecule has 0 aliphatic heterocycles. The Morgan fingerprint density at radius 3 is 2.12 bits per heavy atom. The fourth-order valence-corrected chi connectivity index (χ4v) is 4.36. The van der Waals surface area contributed by atoms with Gasteiger partial charge < -0.3 is 5.11 Å². The van der Waals surface area contributed by atoms with Crippen LogP contribution in [0.2, 0.25) is 0 Å². The largest absolute Gasteiger partial charge is 0.384 e. The zero-order valence-electron chi connectivity index (χ0n) is 15.3. The lowest BCUT2D eigenvalue weighted by Crippen LogP contribution is -2.46. The van der Waals surface area contributed by atoms with Gasteiger partial charge in [-0.05, 0) is 48.6 Å². The van der Waals surface area contributed by atoms with Crippen LogP contribution in [0, 0.1) is 17.8 Å². The molecule has 0 amide bonds. The predicted molar refractivity (Wildman–Crippen MR) is 95.2 cm³/mol. The zero-order valence-corrected chi connectivity index (χ0v) is 15.3. The molecule has 0 saturated heterocycles. The Morgan fingerprint density at radius 1 is 1.08 bits per heavy atom. The highest BCUT2D eigenvalue weighted by atomic mass is 19.3. The van der Waals surface area contributed by atoms with Crippen molar-refractivity contribution in [3.63, 3.8) is 0 Å². The molecule has 1 aliphatic carbocycles. The van der Waals surface area contributed by atoms with Gasteiger partial charge in [-0.2, -0.15) is 0 Å². The molecule has 0 bridgehead atoms. The Morgan fingerprint density at radius 2 is 1.67 bits per heavy atom. The first-order valence-electron chi connectivity index (χ1n) is 9.49. The first-order chi connectivity index (χ1) is 11.4. The van der Waals surface area contributed by atoms with E-state index in [0.29, 0.717) is 17.9 Å². The van der Waals surface area contributed by atoms with E-state index in [1.807, 2.05) is 24.3 Å². The highest BCUT2D eigenvalue weighted by Gasteiger charge is 2.48. The molecule has 1 nitrogen and oxygen atoms in total. The molecule has 2 unspecified atom stereocenters. The minimum absolute atomic E-state index is 0.0684. The van der Waals surface area contributed by atoms with E-state index in [-0.39, 0.29) is 5.92 Å². The molecule has 1 aromatic rings. The van der Waals surface area contributed by atoms with Gasteiger partial charge in [0.2, 0.25) is 6.43 Å². The topological polar surface area (TPSA) is 20.2 Å². The summed E-state index contributed by atoms with van der Waals surface area (Å²) in [7, 11) is 0. The summed E-state index contributed by atoms with van der Waals surface area (Å²) in [6.45, 7) is 6.09. The third-order valence-electron chi connectivity index (χ3n) is 5.60. The first kappa shape index (κ1) is 19.4. The Balaban J connectivity index is 2.37. The summed E-state index contributed by atoms with van der Waals surface area (Å²) in [5.41, 5.74) is 0.457. The summed E-state index contributed by atoms with van der Waals surface area (Å²) in [5.74, 6) is -0.518. The molecule has 136 valence electrons. The quantitative estimate of drug-likeness (QED) is 0.652. The van der Waals surface area contributed by atoms with Crippen LogP contribution in [0.3, 0.4) is 0 Å². The molecule has 1 fully saturated rings. The third-order valence-corrected chi connectivity index (χ3v) is 5.60. The molecule has 0 heterocycles. The van der Waals surface area contributed by atoms with Crippen molar-refractivity contribution in [3.8, 4) is 0 Å². The van der Waals surface area contributed by atoms with Gasteiger partial charge in [0.05, 0.1) is 5.92 Å². The standard InChI is InChI=1S/C21H32F2O/c1-4-19(20(22)23)21(24,17-8-6-5-7-9-17)18-12-10-16(11-13-18)14-15(2)3/h10-13,15,17,19-20,24H,4-9,14H2,1-3H3. The maximum Gasteiger partial charge on any atom is 0.244 e. The lowest BCUT2D eigenvalue weighted by molar-refractivity contribution is -0.136. The maximum absolute atomic E-state index is 13.7. The SMILES string of the molecule is CCC(C(F)F)C(O)(c1ccc(CC(C)C)cc1)C1CCCCC1. The lowest BCUT2D eigenvalue weighted by Gasteiger charge is -2.44.